The van der Waals surface area contributed by atoms with Crippen molar-refractivity contribution in [2.24, 2.45) is 0 Å². The summed E-state index contributed by atoms with van der Waals surface area (Å²) in [6.07, 6.45) is 0. The largest absolute Gasteiger partial charge is 0.257 e. The van der Waals surface area contributed by atoms with Crippen LogP contribution in [0.25, 0.3) is 10.2 Å². The standard InChI is InChI=1S/C8H5FINO2S2/c9-7(10)15(12,13)8-11-5-3-1-2-4-6(5)14-8/h1-4,7H. The Bertz CT molecular complexity index is 560. The van der Waals surface area contributed by atoms with Crippen molar-refractivity contribution in [2.75, 3.05) is 0 Å². The average Bonchev–Trinajstić information content (AvgIpc) is 2.61. The number of benzene rings is 1. The number of hydrogen-bond acceptors (Lipinski definition) is 4. The maximum atomic E-state index is 12.9. The first kappa shape index (κ1) is 11.2. The summed E-state index contributed by atoms with van der Waals surface area (Å²) in [4.78, 5) is 3.89. The monoisotopic (exact) mass is 357 g/mol. The number of fused-ring (bicyclic) bond motifs is 1. The number of para-hydroxylation sites is 1. The number of rotatable bonds is 2. The van der Waals surface area contributed by atoms with E-state index in [1.165, 1.54) is 22.6 Å². The summed E-state index contributed by atoms with van der Waals surface area (Å²) in [6.45, 7) is 0. The third kappa shape index (κ3) is 2.00. The SMILES string of the molecule is O=S(=O)(c1nc2ccccc2s1)C(F)I. The van der Waals surface area contributed by atoms with E-state index in [1.807, 2.05) is 0 Å². The predicted octanol–water partition coefficient (Wildman–Crippen LogP) is 2.76. The molecule has 15 heavy (non-hydrogen) atoms. The van der Waals surface area contributed by atoms with E-state index < -0.39 is 13.3 Å². The lowest BCUT2D eigenvalue weighted by atomic mass is 10.3. The third-order valence-electron chi connectivity index (χ3n) is 1.75. The zero-order valence-electron chi connectivity index (χ0n) is 7.22. The molecule has 0 bridgehead atoms. The highest BCUT2D eigenvalue weighted by atomic mass is 127. The zero-order chi connectivity index (χ0) is 11.1. The summed E-state index contributed by atoms with van der Waals surface area (Å²) < 4.78 is 34.4. The maximum absolute atomic E-state index is 12.9. The molecule has 1 heterocycles. The number of aromatic nitrogens is 1. The molecule has 0 spiro atoms. The second-order valence-electron chi connectivity index (χ2n) is 2.75. The first-order valence-corrected chi connectivity index (χ1v) is 7.50. The molecule has 0 amide bonds. The molecule has 2 aromatic rings. The van der Waals surface area contributed by atoms with Gasteiger partial charge in [-0.2, -0.15) is 0 Å². The minimum atomic E-state index is -3.91. The molecular formula is C8H5FINO2S2. The topological polar surface area (TPSA) is 47.0 Å². The first-order chi connectivity index (χ1) is 7.01. The van der Waals surface area contributed by atoms with Crippen molar-refractivity contribution in [1.29, 1.82) is 0 Å². The quantitative estimate of drug-likeness (QED) is 0.614. The number of halogens is 2. The number of thiazole rings is 1. The van der Waals surface area contributed by atoms with Gasteiger partial charge in [0.05, 0.1) is 10.2 Å². The molecule has 1 unspecified atom stereocenters. The van der Waals surface area contributed by atoms with Crippen LogP contribution < -0.4 is 0 Å². The van der Waals surface area contributed by atoms with Crippen molar-refractivity contribution in [2.45, 2.75) is 7.85 Å². The molecule has 0 N–H and O–H groups in total. The van der Waals surface area contributed by atoms with Gasteiger partial charge in [-0.3, -0.25) is 0 Å². The fourth-order valence-corrected chi connectivity index (χ4v) is 4.35. The first-order valence-electron chi connectivity index (χ1n) is 3.89. The zero-order valence-corrected chi connectivity index (χ0v) is 11.0. The number of nitrogens with zero attached hydrogens (tertiary/aromatic N) is 1. The molecule has 1 aromatic heterocycles. The highest BCUT2D eigenvalue weighted by molar-refractivity contribution is 14.1. The average molecular weight is 357 g/mol. The van der Waals surface area contributed by atoms with Gasteiger partial charge in [-0.15, -0.1) is 11.3 Å². The van der Waals surface area contributed by atoms with Crippen molar-refractivity contribution in [1.82, 2.24) is 4.98 Å². The van der Waals surface area contributed by atoms with E-state index in [0.29, 0.717) is 5.52 Å². The van der Waals surface area contributed by atoms with Crippen molar-refractivity contribution < 1.29 is 12.8 Å². The molecule has 0 saturated carbocycles. The molecule has 0 saturated heterocycles. The van der Waals surface area contributed by atoms with E-state index in [-0.39, 0.29) is 4.34 Å². The Morgan fingerprint density at radius 1 is 1.40 bits per heavy atom. The number of sulfone groups is 1. The molecule has 0 aliphatic carbocycles. The van der Waals surface area contributed by atoms with Crippen molar-refractivity contribution in [3.05, 3.63) is 24.3 Å². The molecule has 0 radical (unpaired) electrons. The van der Waals surface area contributed by atoms with Gasteiger partial charge in [0.2, 0.25) is 14.2 Å². The van der Waals surface area contributed by atoms with Gasteiger partial charge in [0.15, 0.2) is 0 Å². The third-order valence-corrected chi connectivity index (χ3v) is 6.59. The van der Waals surface area contributed by atoms with Crippen molar-refractivity contribution >= 4 is 54.0 Å². The fraction of sp³-hybridized carbons (Fsp3) is 0.125. The molecule has 80 valence electrons. The molecule has 0 aliphatic rings. The molecule has 2 rings (SSSR count). The Labute approximate surface area is 103 Å². The van der Waals surface area contributed by atoms with Crippen molar-refractivity contribution in [3.8, 4) is 0 Å². The smallest absolute Gasteiger partial charge is 0.225 e. The Kier molecular flexibility index (Phi) is 2.95. The summed E-state index contributed by atoms with van der Waals surface area (Å²) in [7, 11) is -3.91. The van der Waals surface area contributed by atoms with Crippen LogP contribution in [0.2, 0.25) is 0 Å². The highest BCUT2D eigenvalue weighted by Gasteiger charge is 2.27. The minimum Gasteiger partial charge on any atom is -0.225 e. The Balaban J connectivity index is 2.64. The van der Waals surface area contributed by atoms with Crippen LogP contribution in [0.15, 0.2) is 28.6 Å². The normalized spacial score (nSPS) is 14.3. The van der Waals surface area contributed by atoms with Crippen LogP contribution in [0.1, 0.15) is 0 Å². The lowest BCUT2D eigenvalue weighted by Gasteiger charge is -1.97. The van der Waals surface area contributed by atoms with Gasteiger partial charge >= 0.3 is 0 Å². The summed E-state index contributed by atoms with van der Waals surface area (Å²) in [5.74, 6) is 0. The molecule has 1 atom stereocenters. The lowest BCUT2D eigenvalue weighted by Crippen LogP contribution is -2.08. The van der Waals surface area contributed by atoms with Crippen LogP contribution in [-0.2, 0) is 9.84 Å². The van der Waals surface area contributed by atoms with Crippen LogP contribution in [0, 0.1) is 0 Å². The molecule has 0 aliphatic heterocycles. The van der Waals surface area contributed by atoms with Crippen LogP contribution >= 0.6 is 33.9 Å². The van der Waals surface area contributed by atoms with Crippen LogP contribution in [0.5, 0.6) is 0 Å². The second-order valence-corrected chi connectivity index (χ2v) is 7.87. The van der Waals surface area contributed by atoms with E-state index in [0.717, 1.165) is 16.0 Å². The fourth-order valence-electron chi connectivity index (χ4n) is 1.05. The van der Waals surface area contributed by atoms with Gasteiger partial charge in [0.1, 0.15) is 0 Å². The van der Waals surface area contributed by atoms with E-state index in [9.17, 15) is 12.8 Å². The van der Waals surface area contributed by atoms with Gasteiger partial charge in [0.25, 0.3) is 3.51 Å². The molecule has 1 aromatic carbocycles. The van der Waals surface area contributed by atoms with Gasteiger partial charge in [-0.25, -0.2) is 17.8 Å². The molecule has 0 fully saturated rings. The minimum absolute atomic E-state index is 0.161. The highest BCUT2D eigenvalue weighted by Crippen LogP contribution is 2.29. The summed E-state index contributed by atoms with van der Waals surface area (Å²) in [5, 5.41) is 0. The van der Waals surface area contributed by atoms with Crippen molar-refractivity contribution in [3.63, 3.8) is 0 Å². The Hall–Kier alpha value is -0.280. The van der Waals surface area contributed by atoms with E-state index in [1.54, 1.807) is 24.3 Å². The lowest BCUT2D eigenvalue weighted by molar-refractivity contribution is 0.521. The predicted molar refractivity (Wildman–Crippen MR) is 65.7 cm³/mol. The van der Waals surface area contributed by atoms with Gasteiger partial charge in [-0.1, -0.05) is 12.1 Å². The Morgan fingerprint density at radius 3 is 2.67 bits per heavy atom. The van der Waals surface area contributed by atoms with Gasteiger partial charge in [-0.05, 0) is 34.7 Å². The van der Waals surface area contributed by atoms with E-state index in [4.69, 9.17) is 0 Å². The van der Waals surface area contributed by atoms with Gasteiger partial charge < -0.3 is 0 Å². The number of alkyl halides is 2. The molecular weight excluding hydrogens is 352 g/mol. The van der Waals surface area contributed by atoms with E-state index >= 15 is 0 Å². The van der Waals surface area contributed by atoms with Crippen LogP contribution in [-0.4, -0.2) is 16.9 Å². The maximum Gasteiger partial charge on any atom is 0.257 e. The van der Waals surface area contributed by atoms with Crippen LogP contribution in [0.4, 0.5) is 4.39 Å². The van der Waals surface area contributed by atoms with Crippen LogP contribution in [0.3, 0.4) is 0 Å². The molecule has 7 heteroatoms. The summed E-state index contributed by atoms with van der Waals surface area (Å²) in [6, 6.07) is 7.00. The molecule has 3 nitrogen and oxygen atoms in total. The summed E-state index contributed by atoms with van der Waals surface area (Å²) >= 11 is 2.21. The Morgan fingerprint density at radius 2 is 2.07 bits per heavy atom. The number of hydrogen-bond donors (Lipinski definition) is 0. The second kappa shape index (κ2) is 3.95. The van der Waals surface area contributed by atoms with E-state index in [2.05, 4.69) is 4.98 Å². The van der Waals surface area contributed by atoms with Gasteiger partial charge in [0, 0.05) is 0 Å². The summed E-state index contributed by atoms with van der Waals surface area (Å²) in [5.41, 5.74) is 0.582.